The summed E-state index contributed by atoms with van der Waals surface area (Å²) >= 11 is 0. The molecule has 0 unspecified atom stereocenters. The van der Waals surface area contributed by atoms with Crippen LogP contribution < -0.4 is 10.6 Å². The summed E-state index contributed by atoms with van der Waals surface area (Å²) in [6.45, 7) is 4.95. The third kappa shape index (κ3) is 7.25. The van der Waals surface area contributed by atoms with Crippen LogP contribution in [0.5, 0.6) is 0 Å². The van der Waals surface area contributed by atoms with E-state index in [1.807, 2.05) is 24.3 Å². The molecule has 2 aromatic carbocycles. The van der Waals surface area contributed by atoms with Gasteiger partial charge in [0.1, 0.15) is 5.60 Å². The van der Waals surface area contributed by atoms with Gasteiger partial charge in [-0.3, -0.25) is 9.80 Å². The standard InChI is InChI=1S/C29H35F3N4O4/c30-29(31,32)24-5-1-22(2-6-24)18-35-13-11-28(12-14-35)20-36(27(38)40-28)19-23-3-7-25(8-4-23)34-26(37)33-17-21-9-15-39-16-10-21/h1-8,21H,9-20H2,(H2,33,34,37). The number of ether oxygens (including phenoxy) is 2. The lowest BCUT2D eigenvalue weighted by Gasteiger charge is -2.37. The second kappa shape index (κ2) is 12.1. The summed E-state index contributed by atoms with van der Waals surface area (Å²) < 4.78 is 49.6. The normalized spacial score (nSPS) is 20.0. The summed E-state index contributed by atoms with van der Waals surface area (Å²) in [5.74, 6) is 0.441. The Hall–Kier alpha value is -3.31. The number of benzene rings is 2. The van der Waals surface area contributed by atoms with Crippen molar-refractivity contribution in [2.75, 3.05) is 44.7 Å². The van der Waals surface area contributed by atoms with Crippen LogP contribution in [0.1, 0.15) is 42.4 Å². The van der Waals surface area contributed by atoms with Crippen molar-refractivity contribution < 1.29 is 32.2 Å². The van der Waals surface area contributed by atoms with Crippen LogP contribution in [0.2, 0.25) is 0 Å². The number of amides is 3. The maximum Gasteiger partial charge on any atom is 0.416 e. The van der Waals surface area contributed by atoms with Gasteiger partial charge in [-0.1, -0.05) is 24.3 Å². The molecule has 11 heteroatoms. The lowest BCUT2D eigenvalue weighted by atomic mass is 9.91. The zero-order chi connectivity index (χ0) is 28.2. The van der Waals surface area contributed by atoms with Gasteiger partial charge in [-0.05, 0) is 54.2 Å². The molecule has 0 saturated carbocycles. The van der Waals surface area contributed by atoms with Gasteiger partial charge in [-0.2, -0.15) is 13.2 Å². The summed E-state index contributed by atoms with van der Waals surface area (Å²) in [7, 11) is 0. The number of urea groups is 1. The molecule has 1 spiro atoms. The Bertz CT molecular complexity index is 1160. The fourth-order valence-electron chi connectivity index (χ4n) is 5.53. The average molecular weight is 561 g/mol. The highest BCUT2D eigenvalue weighted by Gasteiger charge is 2.46. The Balaban J connectivity index is 1.06. The molecule has 0 aromatic heterocycles. The third-order valence-corrected chi connectivity index (χ3v) is 7.97. The Kier molecular flexibility index (Phi) is 8.51. The topological polar surface area (TPSA) is 83.1 Å². The van der Waals surface area contributed by atoms with Gasteiger partial charge in [0.2, 0.25) is 0 Å². The number of hydrogen-bond donors (Lipinski definition) is 2. The Morgan fingerprint density at radius 2 is 1.57 bits per heavy atom. The maximum absolute atomic E-state index is 12.8. The first kappa shape index (κ1) is 28.2. The smallest absolute Gasteiger partial charge is 0.416 e. The third-order valence-electron chi connectivity index (χ3n) is 7.97. The van der Waals surface area contributed by atoms with E-state index in [1.54, 1.807) is 4.90 Å². The summed E-state index contributed by atoms with van der Waals surface area (Å²) in [6, 6.07) is 12.4. The van der Waals surface area contributed by atoms with Gasteiger partial charge < -0.3 is 20.1 Å². The van der Waals surface area contributed by atoms with Crippen LogP contribution in [-0.2, 0) is 28.7 Å². The van der Waals surface area contributed by atoms with Gasteiger partial charge in [-0.15, -0.1) is 0 Å². The van der Waals surface area contributed by atoms with Gasteiger partial charge in [0, 0.05) is 64.5 Å². The maximum atomic E-state index is 12.8. The van der Waals surface area contributed by atoms with E-state index in [0.717, 1.165) is 49.3 Å². The number of carbonyl (C=O) groups excluding carboxylic acids is 2. The summed E-state index contributed by atoms with van der Waals surface area (Å²) in [6.07, 6.45) is -1.43. The number of nitrogens with zero attached hydrogens (tertiary/aromatic N) is 2. The second-order valence-electron chi connectivity index (χ2n) is 11.0. The van der Waals surface area contributed by atoms with E-state index < -0.39 is 17.3 Å². The number of likely N-dealkylation sites (tertiary alicyclic amines) is 1. The van der Waals surface area contributed by atoms with Crippen LogP contribution in [-0.4, -0.2) is 66.9 Å². The van der Waals surface area contributed by atoms with Gasteiger partial charge in [0.05, 0.1) is 12.1 Å². The lowest BCUT2D eigenvalue weighted by Crippen LogP contribution is -2.46. The minimum absolute atomic E-state index is 0.242. The van der Waals surface area contributed by atoms with Crippen molar-refractivity contribution in [1.29, 1.82) is 0 Å². The summed E-state index contributed by atoms with van der Waals surface area (Å²) in [5.41, 5.74) is 1.24. The number of nitrogens with one attached hydrogen (secondary N) is 2. The molecular formula is C29H35F3N4O4. The highest BCUT2D eigenvalue weighted by atomic mass is 19.4. The van der Waals surface area contributed by atoms with E-state index in [-0.39, 0.29) is 12.1 Å². The fourth-order valence-corrected chi connectivity index (χ4v) is 5.53. The Labute approximate surface area is 231 Å². The molecular weight excluding hydrogens is 525 g/mol. The zero-order valence-electron chi connectivity index (χ0n) is 22.3. The first-order valence-electron chi connectivity index (χ1n) is 13.8. The lowest BCUT2D eigenvalue weighted by molar-refractivity contribution is -0.137. The number of hydrogen-bond acceptors (Lipinski definition) is 5. The minimum Gasteiger partial charge on any atom is -0.441 e. The molecule has 2 aromatic rings. The van der Waals surface area contributed by atoms with Gasteiger partial charge >= 0.3 is 18.3 Å². The molecule has 2 N–H and O–H groups in total. The largest absolute Gasteiger partial charge is 0.441 e. The molecule has 8 nitrogen and oxygen atoms in total. The van der Waals surface area contributed by atoms with E-state index in [9.17, 15) is 22.8 Å². The van der Waals surface area contributed by atoms with Gasteiger partial charge in [-0.25, -0.2) is 9.59 Å². The molecule has 3 heterocycles. The molecule has 0 atom stereocenters. The van der Waals surface area contributed by atoms with Crippen LogP contribution in [0.15, 0.2) is 48.5 Å². The SMILES string of the molecule is O=C(NCC1CCOCC1)Nc1ccc(CN2CC3(CCN(Cc4ccc(C(F)(F)F)cc4)CC3)OC2=O)cc1. The summed E-state index contributed by atoms with van der Waals surface area (Å²) in [4.78, 5) is 28.8. The molecule has 216 valence electrons. The van der Waals surface area contributed by atoms with E-state index in [0.29, 0.717) is 63.7 Å². The van der Waals surface area contributed by atoms with Crippen LogP contribution in [0, 0.1) is 5.92 Å². The second-order valence-corrected chi connectivity index (χ2v) is 11.0. The van der Waals surface area contributed by atoms with Crippen molar-refractivity contribution in [2.45, 2.75) is 50.6 Å². The number of rotatable bonds is 7. The van der Waals surface area contributed by atoms with Crippen LogP contribution in [0.4, 0.5) is 28.4 Å². The van der Waals surface area contributed by atoms with Crippen molar-refractivity contribution in [3.05, 3.63) is 65.2 Å². The van der Waals surface area contributed by atoms with Crippen molar-refractivity contribution in [3.8, 4) is 0 Å². The van der Waals surface area contributed by atoms with Crippen LogP contribution >= 0.6 is 0 Å². The summed E-state index contributed by atoms with van der Waals surface area (Å²) in [5, 5.41) is 5.76. The quantitative estimate of drug-likeness (QED) is 0.484. The Morgan fingerprint density at radius 3 is 2.23 bits per heavy atom. The highest BCUT2D eigenvalue weighted by Crippen LogP contribution is 2.35. The van der Waals surface area contributed by atoms with E-state index in [2.05, 4.69) is 15.5 Å². The van der Waals surface area contributed by atoms with Gasteiger partial charge in [0.25, 0.3) is 0 Å². The van der Waals surface area contributed by atoms with Crippen LogP contribution in [0.3, 0.4) is 0 Å². The molecule has 3 saturated heterocycles. The number of piperidine rings is 1. The minimum atomic E-state index is -4.34. The van der Waals surface area contributed by atoms with Crippen molar-refractivity contribution in [3.63, 3.8) is 0 Å². The van der Waals surface area contributed by atoms with E-state index in [1.165, 1.54) is 12.1 Å². The van der Waals surface area contributed by atoms with Crippen molar-refractivity contribution in [1.82, 2.24) is 15.1 Å². The number of halogens is 3. The first-order valence-corrected chi connectivity index (χ1v) is 13.8. The van der Waals surface area contributed by atoms with Gasteiger partial charge in [0.15, 0.2) is 0 Å². The molecule has 0 radical (unpaired) electrons. The number of alkyl halides is 3. The zero-order valence-corrected chi connectivity index (χ0v) is 22.3. The predicted octanol–water partition coefficient (Wildman–Crippen LogP) is 5.24. The van der Waals surface area contributed by atoms with Crippen molar-refractivity contribution in [2.24, 2.45) is 5.92 Å². The van der Waals surface area contributed by atoms with E-state index in [4.69, 9.17) is 9.47 Å². The van der Waals surface area contributed by atoms with Crippen molar-refractivity contribution >= 4 is 17.8 Å². The molecule has 0 bridgehead atoms. The molecule has 5 rings (SSSR count). The highest BCUT2D eigenvalue weighted by molar-refractivity contribution is 5.89. The molecule has 3 amide bonds. The molecule has 40 heavy (non-hydrogen) atoms. The number of anilines is 1. The monoisotopic (exact) mass is 560 g/mol. The number of carbonyl (C=O) groups is 2. The molecule has 0 aliphatic carbocycles. The Morgan fingerprint density at radius 1 is 0.950 bits per heavy atom. The van der Waals surface area contributed by atoms with Crippen LogP contribution in [0.25, 0.3) is 0 Å². The van der Waals surface area contributed by atoms with E-state index >= 15 is 0 Å². The first-order chi connectivity index (χ1) is 19.2. The average Bonchev–Trinajstić information content (AvgIpc) is 3.24. The molecule has 3 fully saturated rings. The predicted molar refractivity (Wildman–Crippen MR) is 143 cm³/mol. The molecule has 3 aliphatic heterocycles. The molecule has 3 aliphatic rings. The fraction of sp³-hybridized carbons (Fsp3) is 0.517.